The average Bonchev–Trinajstić information content (AvgIpc) is 3.36. The summed E-state index contributed by atoms with van der Waals surface area (Å²) in [7, 11) is 2.05. The number of hydrogen-bond donors (Lipinski definition) is 1. The fourth-order valence-electron chi connectivity index (χ4n) is 3.42. The molecule has 1 amide bonds. The molecule has 0 saturated carbocycles. The van der Waals surface area contributed by atoms with Gasteiger partial charge in [0.2, 0.25) is 0 Å². The predicted molar refractivity (Wildman–Crippen MR) is 111 cm³/mol. The standard InChI is InChI=1S/C23H24N4O2/c1-17-9-10-22-24-13-21(27(22)14-17)23(28)25-12-18-6-3-4-7-19(18)15-26(2)16-20-8-5-11-29-20/h3-11,13-14H,12,15-16H2,1-2H3,(H,25,28). The molecular weight excluding hydrogens is 364 g/mol. The van der Waals surface area contributed by atoms with Gasteiger partial charge in [-0.05, 0) is 48.9 Å². The van der Waals surface area contributed by atoms with Gasteiger partial charge in [-0.3, -0.25) is 14.1 Å². The molecule has 4 rings (SSSR count). The third-order valence-electron chi connectivity index (χ3n) is 4.89. The van der Waals surface area contributed by atoms with Crippen LogP contribution in [0.5, 0.6) is 0 Å². The second kappa shape index (κ2) is 8.32. The van der Waals surface area contributed by atoms with Crippen LogP contribution in [0.4, 0.5) is 0 Å². The lowest BCUT2D eigenvalue weighted by atomic mass is 10.1. The molecule has 0 aliphatic carbocycles. The number of amides is 1. The van der Waals surface area contributed by atoms with Gasteiger partial charge in [-0.1, -0.05) is 30.3 Å². The Labute approximate surface area is 169 Å². The summed E-state index contributed by atoms with van der Waals surface area (Å²) in [6.07, 6.45) is 5.23. The van der Waals surface area contributed by atoms with Crippen LogP contribution >= 0.6 is 0 Å². The van der Waals surface area contributed by atoms with E-state index >= 15 is 0 Å². The summed E-state index contributed by atoms with van der Waals surface area (Å²) in [6, 6.07) is 15.9. The smallest absolute Gasteiger partial charge is 0.270 e. The van der Waals surface area contributed by atoms with Gasteiger partial charge in [0.1, 0.15) is 17.1 Å². The second-order valence-corrected chi connectivity index (χ2v) is 7.28. The van der Waals surface area contributed by atoms with Crippen LogP contribution in [-0.4, -0.2) is 27.2 Å². The molecule has 1 N–H and O–H groups in total. The van der Waals surface area contributed by atoms with Gasteiger partial charge in [-0.15, -0.1) is 0 Å². The van der Waals surface area contributed by atoms with E-state index in [1.54, 1.807) is 12.5 Å². The van der Waals surface area contributed by atoms with E-state index in [0.29, 0.717) is 12.2 Å². The van der Waals surface area contributed by atoms with Crippen LogP contribution < -0.4 is 5.32 Å². The zero-order valence-electron chi connectivity index (χ0n) is 16.6. The number of nitrogens with one attached hydrogen (secondary N) is 1. The normalized spacial score (nSPS) is 11.3. The van der Waals surface area contributed by atoms with Crippen LogP contribution in [0.1, 0.15) is 32.9 Å². The van der Waals surface area contributed by atoms with E-state index in [1.807, 2.05) is 53.9 Å². The number of carbonyl (C=O) groups excluding carboxylic acids is 1. The quantitative estimate of drug-likeness (QED) is 0.523. The summed E-state index contributed by atoms with van der Waals surface area (Å²) in [4.78, 5) is 19.3. The number of aryl methyl sites for hydroxylation is 1. The molecule has 6 nitrogen and oxygen atoms in total. The van der Waals surface area contributed by atoms with Gasteiger partial charge in [0.25, 0.3) is 5.91 Å². The highest BCUT2D eigenvalue weighted by molar-refractivity contribution is 5.93. The van der Waals surface area contributed by atoms with Gasteiger partial charge in [-0.25, -0.2) is 4.98 Å². The molecule has 0 atom stereocenters. The van der Waals surface area contributed by atoms with Crippen molar-refractivity contribution in [2.45, 2.75) is 26.6 Å². The van der Waals surface area contributed by atoms with Crippen LogP contribution in [0.2, 0.25) is 0 Å². The Morgan fingerprint density at radius 3 is 2.72 bits per heavy atom. The monoisotopic (exact) mass is 388 g/mol. The number of rotatable bonds is 7. The topological polar surface area (TPSA) is 62.8 Å². The third-order valence-corrected chi connectivity index (χ3v) is 4.89. The molecule has 0 spiro atoms. The minimum atomic E-state index is -0.137. The van der Waals surface area contributed by atoms with E-state index < -0.39 is 0 Å². The minimum Gasteiger partial charge on any atom is -0.468 e. The Morgan fingerprint density at radius 1 is 1.10 bits per heavy atom. The van der Waals surface area contributed by atoms with Gasteiger partial charge in [0.05, 0.1) is 19.0 Å². The Bertz CT molecular complexity index is 1120. The number of fused-ring (bicyclic) bond motifs is 1. The van der Waals surface area contributed by atoms with Crippen LogP contribution in [-0.2, 0) is 19.6 Å². The summed E-state index contributed by atoms with van der Waals surface area (Å²) >= 11 is 0. The number of nitrogens with zero attached hydrogens (tertiary/aromatic N) is 3. The van der Waals surface area contributed by atoms with Gasteiger partial charge >= 0.3 is 0 Å². The second-order valence-electron chi connectivity index (χ2n) is 7.28. The lowest BCUT2D eigenvalue weighted by Gasteiger charge is -2.18. The lowest BCUT2D eigenvalue weighted by molar-refractivity contribution is 0.0945. The Kier molecular flexibility index (Phi) is 5.44. The number of aromatic nitrogens is 2. The highest BCUT2D eigenvalue weighted by Gasteiger charge is 2.13. The maximum atomic E-state index is 12.8. The first-order valence-electron chi connectivity index (χ1n) is 9.60. The Hall–Kier alpha value is -3.38. The summed E-state index contributed by atoms with van der Waals surface area (Å²) < 4.78 is 7.26. The maximum absolute atomic E-state index is 12.8. The van der Waals surface area contributed by atoms with Crippen molar-refractivity contribution in [3.63, 3.8) is 0 Å². The molecule has 0 aliphatic rings. The molecule has 0 aliphatic heterocycles. The van der Waals surface area contributed by atoms with E-state index in [2.05, 4.69) is 34.4 Å². The largest absolute Gasteiger partial charge is 0.468 e. The number of imidazole rings is 1. The molecule has 0 unspecified atom stereocenters. The van der Waals surface area contributed by atoms with E-state index in [4.69, 9.17) is 4.42 Å². The molecule has 0 saturated heterocycles. The molecule has 4 aromatic rings. The number of carbonyl (C=O) groups is 1. The summed E-state index contributed by atoms with van der Waals surface area (Å²) in [5.41, 5.74) is 4.65. The molecular formula is C23H24N4O2. The maximum Gasteiger partial charge on any atom is 0.270 e. The molecule has 6 heteroatoms. The van der Waals surface area contributed by atoms with Crippen molar-refractivity contribution >= 4 is 11.6 Å². The van der Waals surface area contributed by atoms with Gasteiger partial charge < -0.3 is 9.73 Å². The van der Waals surface area contributed by atoms with Crippen LogP contribution in [0.25, 0.3) is 5.65 Å². The SMILES string of the molecule is Cc1ccc2ncc(C(=O)NCc3ccccc3CN(C)Cc3ccco3)n2c1. The van der Waals surface area contributed by atoms with Crippen molar-refractivity contribution in [2.75, 3.05) is 7.05 Å². The first-order valence-corrected chi connectivity index (χ1v) is 9.60. The number of benzene rings is 1. The minimum absolute atomic E-state index is 0.137. The van der Waals surface area contributed by atoms with Crippen LogP contribution in [0, 0.1) is 6.92 Å². The van der Waals surface area contributed by atoms with Crippen molar-refractivity contribution in [3.8, 4) is 0 Å². The van der Waals surface area contributed by atoms with Crippen molar-refractivity contribution in [3.05, 3.63) is 95.3 Å². The van der Waals surface area contributed by atoms with E-state index in [9.17, 15) is 4.79 Å². The molecule has 0 fully saturated rings. The predicted octanol–water partition coefficient (Wildman–Crippen LogP) is 3.80. The molecule has 0 radical (unpaired) electrons. The number of hydrogen-bond acceptors (Lipinski definition) is 4. The number of furan rings is 1. The Morgan fingerprint density at radius 2 is 1.93 bits per heavy atom. The zero-order chi connectivity index (χ0) is 20.2. The number of pyridine rings is 1. The first kappa shape index (κ1) is 19.0. The molecule has 148 valence electrons. The highest BCUT2D eigenvalue weighted by atomic mass is 16.3. The average molecular weight is 388 g/mol. The van der Waals surface area contributed by atoms with Crippen molar-refractivity contribution in [1.29, 1.82) is 0 Å². The lowest BCUT2D eigenvalue weighted by Crippen LogP contribution is -2.25. The molecule has 1 aromatic carbocycles. The van der Waals surface area contributed by atoms with Crippen LogP contribution in [0.3, 0.4) is 0 Å². The van der Waals surface area contributed by atoms with Gasteiger partial charge in [0.15, 0.2) is 0 Å². The van der Waals surface area contributed by atoms with Crippen molar-refractivity contribution in [2.24, 2.45) is 0 Å². The fraction of sp³-hybridized carbons (Fsp3) is 0.217. The zero-order valence-corrected chi connectivity index (χ0v) is 16.6. The summed E-state index contributed by atoms with van der Waals surface area (Å²) in [5, 5.41) is 3.04. The summed E-state index contributed by atoms with van der Waals surface area (Å²) in [5.74, 6) is 0.794. The van der Waals surface area contributed by atoms with Crippen LogP contribution in [0.15, 0.2) is 71.6 Å². The van der Waals surface area contributed by atoms with Crippen molar-refractivity contribution < 1.29 is 9.21 Å². The van der Waals surface area contributed by atoms with E-state index in [-0.39, 0.29) is 5.91 Å². The third kappa shape index (κ3) is 4.38. The molecule has 3 aromatic heterocycles. The highest BCUT2D eigenvalue weighted by Crippen LogP contribution is 2.14. The summed E-state index contributed by atoms with van der Waals surface area (Å²) in [6.45, 7) is 3.95. The first-order chi connectivity index (χ1) is 14.1. The van der Waals surface area contributed by atoms with E-state index in [1.165, 1.54) is 5.56 Å². The fourth-order valence-corrected chi connectivity index (χ4v) is 3.42. The van der Waals surface area contributed by atoms with Gasteiger partial charge in [-0.2, -0.15) is 0 Å². The molecule has 0 bridgehead atoms. The van der Waals surface area contributed by atoms with E-state index in [0.717, 1.165) is 35.6 Å². The van der Waals surface area contributed by atoms with Gasteiger partial charge in [0, 0.05) is 19.3 Å². The van der Waals surface area contributed by atoms with Crippen molar-refractivity contribution in [1.82, 2.24) is 19.6 Å². The molecule has 29 heavy (non-hydrogen) atoms. The Balaban J connectivity index is 1.44. The molecule has 3 heterocycles.